The summed E-state index contributed by atoms with van der Waals surface area (Å²) in [7, 11) is -2.74. The van der Waals surface area contributed by atoms with Crippen molar-refractivity contribution in [3.63, 3.8) is 0 Å². The molecular weight excluding hydrogens is 340 g/mol. The molecule has 1 atom stereocenters. The molecule has 2 aromatic rings. The topological polar surface area (TPSA) is 84.2 Å². The zero-order chi connectivity index (χ0) is 17.5. The highest BCUT2D eigenvalue weighted by Crippen LogP contribution is 2.39. The maximum Gasteiger partial charge on any atom is 0.246 e. The molecule has 1 saturated carbocycles. The van der Waals surface area contributed by atoms with Crippen LogP contribution in [0.3, 0.4) is 0 Å². The molecule has 0 bridgehead atoms. The smallest absolute Gasteiger partial charge is 0.246 e. The van der Waals surface area contributed by atoms with Gasteiger partial charge in [0.25, 0.3) is 0 Å². The summed E-state index contributed by atoms with van der Waals surface area (Å²) in [6.07, 6.45) is 3.44. The Hall–Kier alpha value is -1.84. The second-order valence-electron chi connectivity index (χ2n) is 5.98. The zero-order valence-corrected chi connectivity index (χ0v) is 13.7. The Morgan fingerprint density at radius 1 is 1.33 bits per heavy atom. The summed E-state index contributed by atoms with van der Waals surface area (Å²) in [4.78, 5) is -1.00. The van der Waals surface area contributed by atoms with Gasteiger partial charge in [0.15, 0.2) is 4.90 Å². The van der Waals surface area contributed by atoms with Crippen LogP contribution in [0, 0.1) is 17.6 Å². The fourth-order valence-corrected chi connectivity index (χ4v) is 4.33. The Morgan fingerprint density at radius 3 is 2.46 bits per heavy atom. The van der Waals surface area contributed by atoms with Gasteiger partial charge in [0.2, 0.25) is 10.0 Å². The number of aromatic nitrogens is 2. The Labute approximate surface area is 138 Å². The van der Waals surface area contributed by atoms with Crippen LogP contribution in [-0.2, 0) is 17.1 Å². The van der Waals surface area contributed by atoms with Crippen molar-refractivity contribution in [3.8, 4) is 0 Å². The summed E-state index contributed by atoms with van der Waals surface area (Å²) < 4.78 is 56.6. The Kier molecular flexibility index (Phi) is 4.41. The second kappa shape index (κ2) is 6.23. The molecule has 1 aliphatic carbocycles. The molecule has 1 aromatic carbocycles. The molecular formula is C15H17F2N3O3S. The third-order valence-electron chi connectivity index (χ3n) is 4.17. The number of rotatable bonds is 5. The van der Waals surface area contributed by atoms with E-state index in [2.05, 4.69) is 9.82 Å². The lowest BCUT2D eigenvalue weighted by Crippen LogP contribution is -2.41. The number of sulfonamides is 1. The zero-order valence-electron chi connectivity index (χ0n) is 12.9. The van der Waals surface area contributed by atoms with Gasteiger partial charge in [0, 0.05) is 18.8 Å². The van der Waals surface area contributed by atoms with Crippen molar-refractivity contribution in [1.29, 1.82) is 0 Å². The number of hydrogen-bond donors (Lipinski definition) is 2. The van der Waals surface area contributed by atoms with Crippen molar-refractivity contribution in [2.45, 2.75) is 29.9 Å². The van der Waals surface area contributed by atoms with Crippen LogP contribution in [0.2, 0.25) is 0 Å². The van der Waals surface area contributed by atoms with Gasteiger partial charge in [0.05, 0.1) is 18.3 Å². The second-order valence-corrected chi connectivity index (χ2v) is 7.63. The average Bonchev–Trinajstić information content (AvgIpc) is 2.88. The number of aryl methyl sites for hydroxylation is 1. The minimum Gasteiger partial charge on any atom is -0.393 e. The molecule has 1 aliphatic rings. The van der Waals surface area contributed by atoms with Crippen LogP contribution in [-0.4, -0.2) is 29.4 Å². The van der Waals surface area contributed by atoms with Crippen LogP contribution in [0.15, 0.2) is 35.5 Å². The van der Waals surface area contributed by atoms with E-state index in [1.54, 1.807) is 13.2 Å². The fraction of sp³-hybridized carbons (Fsp3) is 0.400. The number of aliphatic hydroxyl groups excluding tert-OH is 1. The van der Waals surface area contributed by atoms with E-state index in [1.165, 1.54) is 10.9 Å². The molecule has 130 valence electrons. The standard InChI is InChI=1S/C15H17F2N3O3S/c1-20-8-10(7-18-20)14(9-5-11(21)6-9)19-24(22,23)15-12(16)3-2-4-13(15)17/h2-4,7-9,11,14,19,21H,5-6H2,1H3. The van der Waals surface area contributed by atoms with Crippen molar-refractivity contribution >= 4 is 10.0 Å². The number of nitrogens with one attached hydrogen (secondary N) is 1. The number of aliphatic hydroxyl groups is 1. The highest BCUT2D eigenvalue weighted by molar-refractivity contribution is 7.89. The maximum absolute atomic E-state index is 13.8. The van der Waals surface area contributed by atoms with Gasteiger partial charge in [-0.2, -0.15) is 5.10 Å². The van der Waals surface area contributed by atoms with E-state index in [0.29, 0.717) is 18.4 Å². The van der Waals surface area contributed by atoms with Gasteiger partial charge in [-0.25, -0.2) is 21.9 Å². The first-order chi connectivity index (χ1) is 11.3. The number of halogens is 2. The first-order valence-electron chi connectivity index (χ1n) is 7.41. The van der Waals surface area contributed by atoms with E-state index in [-0.39, 0.29) is 5.92 Å². The van der Waals surface area contributed by atoms with Crippen molar-refractivity contribution in [2.24, 2.45) is 13.0 Å². The molecule has 6 nitrogen and oxygen atoms in total. The van der Waals surface area contributed by atoms with Gasteiger partial charge in [-0.05, 0) is 30.9 Å². The third kappa shape index (κ3) is 3.19. The van der Waals surface area contributed by atoms with Crippen LogP contribution < -0.4 is 4.72 Å². The van der Waals surface area contributed by atoms with Gasteiger partial charge in [-0.15, -0.1) is 0 Å². The summed E-state index contributed by atoms with van der Waals surface area (Å²) in [6.45, 7) is 0. The van der Waals surface area contributed by atoms with Gasteiger partial charge in [-0.3, -0.25) is 4.68 Å². The molecule has 0 amide bonds. The molecule has 1 heterocycles. The van der Waals surface area contributed by atoms with Gasteiger partial charge in [-0.1, -0.05) is 6.07 Å². The lowest BCUT2D eigenvalue weighted by molar-refractivity contribution is 0.0280. The molecule has 9 heteroatoms. The summed E-state index contributed by atoms with van der Waals surface area (Å²) in [5, 5.41) is 13.5. The van der Waals surface area contributed by atoms with Crippen LogP contribution in [0.1, 0.15) is 24.4 Å². The molecule has 1 fully saturated rings. The van der Waals surface area contributed by atoms with E-state index in [0.717, 1.165) is 18.2 Å². The fourth-order valence-electron chi connectivity index (χ4n) is 2.90. The van der Waals surface area contributed by atoms with Crippen molar-refractivity contribution in [2.75, 3.05) is 0 Å². The molecule has 3 rings (SSSR count). The highest BCUT2D eigenvalue weighted by atomic mass is 32.2. The van der Waals surface area contributed by atoms with Crippen LogP contribution in [0.25, 0.3) is 0 Å². The molecule has 2 N–H and O–H groups in total. The number of benzene rings is 1. The third-order valence-corrected chi connectivity index (χ3v) is 5.67. The SMILES string of the molecule is Cn1cc(C(NS(=O)(=O)c2c(F)cccc2F)C2CC(O)C2)cn1. The van der Waals surface area contributed by atoms with E-state index >= 15 is 0 Å². The van der Waals surface area contributed by atoms with E-state index in [1.807, 2.05) is 0 Å². The van der Waals surface area contributed by atoms with Crippen LogP contribution in [0.4, 0.5) is 8.78 Å². The van der Waals surface area contributed by atoms with E-state index in [4.69, 9.17) is 0 Å². The molecule has 1 unspecified atom stereocenters. The summed E-state index contributed by atoms with van der Waals surface area (Å²) in [5.74, 6) is -2.48. The predicted molar refractivity (Wildman–Crippen MR) is 81.4 cm³/mol. The molecule has 1 aromatic heterocycles. The summed E-state index contributed by atoms with van der Waals surface area (Å²) in [6, 6.07) is 2.17. The molecule has 24 heavy (non-hydrogen) atoms. The number of nitrogens with zero attached hydrogens (tertiary/aromatic N) is 2. The normalized spacial score (nSPS) is 22.2. The van der Waals surface area contributed by atoms with Crippen molar-refractivity contribution in [1.82, 2.24) is 14.5 Å². The average molecular weight is 357 g/mol. The predicted octanol–water partition coefficient (Wildman–Crippen LogP) is 1.49. The molecule has 0 radical (unpaired) electrons. The first-order valence-corrected chi connectivity index (χ1v) is 8.89. The van der Waals surface area contributed by atoms with Gasteiger partial charge >= 0.3 is 0 Å². The number of hydrogen-bond acceptors (Lipinski definition) is 4. The van der Waals surface area contributed by atoms with Crippen LogP contribution >= 0.6 is 0 Å². The van der Waals surface area contributed by atoms with Gasteiger partial charge in [0.1, 0.15) is 11.6 Å². The Balaban J connectivity index is 1.95. The summed E-state index contributed by atoms with van der Waals surface area (Å²) >= 11 is 0. The van der Waals surface area contributed by atoms with E-state index < -0.39 is 38.7 Å². The van der Waals surface area contributed by atoms with Crippen molar-refractivity contribution in [3.05, 3.63) is 47.8 Å². The lowest BCUT2D eigenvalue weighted by atomic mass is 9.76. The maximum atomic E-state index is 13.8. The highest BCUT2D eigenvalue weighted by Gasteiger charge is 2.38. The Bertz CT molecular complexity index is 827. The summed E-state index contributed by atoms with van der Waals surface area (Å²) in [5.41, 5.74) is 0.578. The molecule has 0 saturated heterocycles. The Morgan fingerprint density at radius 2 is 1.96 bits per heavy atom. The monoisotopic (exact) mass is 357 g/mol. The largest absolute Gasteiger partial charge is 0.393 e. The van der Waals surface area contributed by atoms with Crippen molar-refractivity contribution < 1.29 is 22.3 Å². The molecule has 0 spiro atoms. The van der Waals surface area contributed by atoms with Gasteiger partial charge < -0.3 is 5.11 Å². The molecule has 0 aliphatic heterocycles. The minimum absolute atomic E-state index is 0.172. The lowest BCUT2D eigenvalue weighted by Gasteiger charge is -2.37. The van der Waals surface area contributed by atoms with Crippen LogP contribution in [0.5, 0.6) is 0 Å². The first kappa shape index (κ1) is 17.0. The van der Waals surface area contributed by atoms with E-state index in [9.17, 15) is 22.3 Å². The minimum atomic E-state index is -4.42. The quantitative estimate of drug-likeness (QED) is 0.849.